The van der Waals surface area contributed by atoms with Crippen LogP contribution in [0.1, 0.15) is 23.0 Å². The first kappa shape index (κ1) is 14.5. The lowest BCUT2D eigenvalue weighted by atomic mass is 10.2. The van der Waals surface area contributed by atoms with E-state index in [2.05, 4.69) is 0 Å². The Hall–Kier alpha value is -1.86. The Balaban J connectivity index is 2.92. The lowest BCUT2D eigenvalue weighted by Crippen LogP contribution is -2.19. The lowest BCUT2D eigenvalue weighted by Gasteiger charge is -2.05. The maximum atomic E-state index is 12.0. The maximum absolute atomic E-state index is 12.0. The van der Waals surface area contributed by atoms with E-state index in [-0.39, 0.29) is 17.2 Å². The van der Waals surface area contributed by atoms with Gasteiger partial charge in [-0.05, 0) is 26.0 Å². The van der Waals surface area contributed by atoms with E-state index in [4.69, 9.17) is 9.88 Å². The molecule has 2 aromatic rings. The molecule has 0 amide bonds. The summed E-state index contributed by atoms with van der Waals surface area (Å²) in [5.74, 6) is -0.701. The van der Waals surface area contributed by atoms with E-state index in [9.17, 15) is 13.2 Å². The summed E-state index contributed by atoms with van der Waals surface area (Å²) in [4.78, 5) is 11.8. The van der Waals surface area contributed by atoms with Crippen LogP contribution in [0, 0.1) is 6.92 Å². The predicted octanol–water partition coefficient (Wildman–Crippen LogP) is 1.31. The molecule has 1 aromatic heterocycles. The number of hydrogen-bond acceptors (Lipinski definition) is 4. The Morgan fingerprint density at radius 3 is 2.60 bits per heavy atom. The third-order valence-electron chi connectivity index (χ3n) is 3.06. The van der Waals surface area contributed by atoms with Gasteiger partial charge in [0, 0.05) is 18.0 Å². The molecule has 0 bridgehead atoms. The smallest absolute Gasteiger partial charge is 0.356 e. The number of ether oxygens (including phenoxy) is 1. The number of sulfonamides is 1. The standard InChI is InChI=1S/C13H16N2O4S/c1-4-19-13(16)11-12(20(14,17)18)9-7-8(2)5-6-10(9)15(11)3/h5-7H,4H2,1-3H3,(H2,14,17,18). The van der Waals surface area contributed by atoms with Crippen LogP contribution in [0.15, 0.2) is 23.1 Å². The van der Waals surface area contributed by atoms with Crippen molar-refractivity contribution in [3.63, 3.8) is 0 Å². The number of hydrogen-bond donors (Lipinski definition) is 1. The molecule has 0 spiro atoms. The Morgan fingerprint density at radius 2 is 2.05 bits per heavy atom. The number of aromatic nitrogens is 1. The molecular weight excluding hydrogens is 280 g/mol. The Labute approximate surface area is 117 Å². The van der Waals surface area contributed by atoms with E-state index in [1.807, 2.05) is 13.0 Å². The van der Waals surface area contributed by atoms with Crippen molar-refractivity contribution in [3.05, 3.63) is 29.5 Å². The van der Waals surface area contributed by atoms with Crippen LogP contribution >= 0.6 is 0 Å². The zero-order valence-corrected chi connectivity index (χ0v) is 12.3. The largest absolute Gasteiger partial charge is 0.461 e. The van der Waals surface area contributed by atoms with Gasteiger partial charge in [0.25, 0.3) is 0 Å². The second kappa shape index (κ2) is 4.92. The van der Waals surface area contributed by atoms with Crippen LogP contribution in [0.3, 0.4) is 0 Å². The zero-order chi connectivity index (χ0) is 15.1. The summed E-state index contributed by atoms with van der Waals surface area (Å²) in [6.07, 6.45) is 0. The van der Waals surface area contributed by atoms with E-state index in [0.717, 1.165) is 5.56 Å². The Bertz CT molecular complexity index is 790. The fourth-order valence-electron chi connectivity index (χ4n) is 2.24. The molecule has 6 nitrogen and oxygen atoms in total. The number of primary sulfonamides is 1. The Morgan fingerprint density at radius 1 is 1.40 bits per heavy atom. The van der Waals surface area contributed by atoms with E-state index in [1.165, 1.54) is 4.57 Å². The first-order valence-corrected chi connectivity index (χ1v) is 7.61. The number of esters is 1. The molecule has 0 radical (unpaired) electrons. The molecule has 0 saturated heterocycles. The second-order valence-electron chi connectivity index (χ2n) is 4.52. The van der Waals surface area contributed by atoms with Gasteiger partial charge in [-0.25, -0.2) is 18.4 Å². The summed E-state index contributed by atoms with van der Waals surface area (Å²) in [5.41, 5.74) is 1.45. The highest BCUT2D eigenvalue weighted by Gasteiger charge is 2.28. The van der Waals surface area contributed by atoms with Crippen LogP contribution in [0.2, 0.25) is 0 Å². The van der Waals surface area contributed by atoms with Crippen molar-refractivity contribution < 1.29 is 17.9 Å². The van der Waals surface area contributed by atoms with Crippen LogP contribution in [0.5, 0.6) is 0 Å². The maximum Gasteiger partial charge on any atom is 0.356 e. The fourth-order valence-corrected chi connectivity index (χ4v) is 3.20. The Kier molecular flexibility index (Phi) is 3.58. The monoisotopic (exact) mass is 296 g/mol. The lowest BCUT2D eigenvalue weighted by molar-refractivity contribution is 0.0511. The summed E-state index contributed by atoms with van der Waals surface area (Å²) in [5, 5.41) is 5.70. The average molecular weight is 296 g/mol. The van der Waals surface area contributed by atoms with Crippen molar-refractivity contribution in [1.29, 1.82) is 0 Å². The number of aryl methyl sites for hydroxylation is 2. The molecule has 1 heterocycles. The van der Waals surface area contributed by atoms with Crippen LogP contribution in [-0.2, 0) is 21.8 Å². The van der Waals surface area contributed by atoms with Gasteiger partial charge in [-0.1, -0.05) is 11.6 Å². The molecule has 0 aliphatic rings. The van der Waals surface area contributed by atoms with Gasteiger partial charge in [-0.2, -0.15) is 0 Å². The molecule has 1 aromatic carbocycles. The van der Waals surface area contributed by atoms with Crippen molar-refractivity contribution in [3.8, 4) is 0 Å². The minimum Gasteiger partial charge on any atom is -0.461 e. The van der Waals surface area contributed by atoms with Gasteiger partial charge in [0.15, 0.2) is 0 Å². The van der Waals surface area contributed by atoms with Crippen molar-refractivity contribution >= 4 is 26.9 Å². The molecule has 7 heteroatoms. The highest BCUT2D eigenvalue weighted by molar-refractivity contribution is 7.89. The summed E-state index contributed by atoms with van der Waals surface area (Å²) in [7, 11) is -2.43. The first-order chi connectivity index (χ1) is 9.27. The van der Waals surface area contributed by atoms with Gasteiger partial charge in [-0.3, -0.25) is 0 Å². The molecule has 0 aliphatic carbocycles. The van der Waals surface area contributed by atoms with Gasteiger partial charge in [0.05, 0.1) is 6.61 Å². The fraction of sp³-hybridized carbons (Fsp3) is 0.308. The second-order valence-corrected chi connectivity index (χ2v) is 6.02. The molecule has 20 heavy (non-hydrogen) atoms. The van der Waals surface area contributed by atoms with Crippen LogP contribution in [-0.4, -0.2) is 25.6 Å². The third-order valence-corrected chi connectivity index (χ3v) is 4.04. The molecular formula is C13H16N2O4S. The summed E-state index contributed by atoms with van der Waals surface area (Å²) in [6, 6.07) is 5.28. The average Bonchev–Trinajstić information content (AvgIpc) is 2.62. The van der Waals surface area contributed by atoms with Gasteiger partial charge < -0.3 is 9.30 Å². The molecule has 108 valence electrons. The van der Waals surface area contributed by atoms with Crippen molar-refractivity contribution in [2.24, 2.45) is 12.2 Å². The van der Waals surface area contributed by atoms with Gasteiger partial charge in [-0.15, -0.1) is 0 Å². The number of nitrogens with zero attached hydrogens (tertiary/aromatic N) is 1. The minimum atomic E-state index is -4.04. The van der Waals surface area contributed by atoms with Crippen molar-refractivity contribution in [1.82, 2.24) is 4.57 Å². The SMILES string of the molecule is CCOC(=O)c1c(S(N)(=O)=O)c2cc(C)ccc2n1C. The van der Waals surface area contributed by atoms with Gasteiger partial charge in [0.2, 0.25) is 10.0 Å². The van der Waals surface area contributed by atoms with Crippen molar-refractivity contribution in [2.45, 2.75) is 18.7 Å². The molecule has 0 fully saturated rings. The minimum absolute atomic E-state index is 0.0463. The summed E-state index contributed by atoms with van der Waals surface area (Å²) in [6.45, 7) is 3.65. The normalized spacial score (nSPS) is 11.8. The van der Waals surface area contributed by atoms with Crippen LogP contribution < -0.4 is 5.14 Å². The quantitative estimate of drug-likeness (QED) is 0.864. The van der Waals surface area contributed by atoms with E-state index in [0.29, 0.717) is 10.9 Å². The molecule has 2 rings (SSSR count). The molecule has 0 aliphatic heterocycles. The topological polar surface area (TPSA) is 91.4 Å². The van der Waals surface area contributed by atoms with E-state index >= 15 is 0 Å². The number of rotatable bonds is 3. The van der Waals surface area contributed by atoms with Crippen molar-refractivity contribution in [2.75, 3.05) is 6.61 Å². The van der Waals surface area contributed by atoms with Gasteiger partial charge in [0.1, 0.15) is 10.6 Å². The highest BCUT2D eigenvalue weighted by atomic mass is 32.2. The van der Waals surface area contributed by atoms with E-state index < -0.39 is 16.0 Å². The number of fused-ring (bicyclic) bond motifs is 1. The zero-order valence-electron chi connectivity index (χ0n) is 11.5. The van der Waals surface area contributed by atoms with Crippen LogP contribution in [0.25, 0.3) is 10.9 Å². The highest BCUT2D eigenvalue weighted by Crippen LogP contribution is 2.30. The summed E-state index contributed by atoms with van der Waals surface area (Å²) < 4.78 is 30.1. The molecule has 0 unspecified atom stereocenters. The third kappa shape index (κ3) is 2.30. The molecule has 0 atom stereocenters. The number of nitrogens with two attached hydrogens (primary N) is 1. The first-order valence-electron chi connectivity index (χ1n) is 6.06. The number of carbonyl (C=O) groups is 1. The van der Waals surface area contributed by atoms with Crippen LogP contribution in [0.4, 0.5) is 0 Å². The van der Waals surface area contributed by atoms with E-state index in [1.54, 1.807) is 26.1 Å². The summed E-state index contributed by atoms with van der Waals surface area (Å²) >= 11 is 0. The molecule has 2 N–H and O–H groups in total. The molecule has 0 saturated carbocycles. The van der Waals surface area contributed by atoms with Gasteiger partial charge >= 0.3 is 5.97 Å². The predicted molar refractivity (Wildman–Crippen MR) is 75.0 cm³/mol. The number of benzene rings is 1. The number of carbonyl (C=O) groups excluding carboxylic acids is 1.